The molecule has 0 unspecified atom stereocenters. The van der Waals surface area contributed by atoms with Crippen molar-refractivity contribution in [2.24, 2.45) is 5.73 Å². The third kappa shape index (κ3) is 2.85. The first kappa shape index (κ1) is 14.6. The van der Waals surface area contributed by atoms with E-state index in [2.05, 4.69) is 28.1 Å². The second-order valence-corrected chi connectivity index (χ2v) is 6.95. The summed E-state index contributed by atoms with van der Waals surface area (Å²) in [5.41, 5.74) is 8.59. The number of aryl methyl sites for hydroxylation is 2. The van der Waals surface area contributed by atoms with E-state index in [0.29, 0.717) is 10.5 Å². The lowest BCUT2D eigenvalue weighted by Gasteiger charge is -2.09. The van der Waals surface area contributed by atoms with Gasteiger partial charge in [0.25, 0.3) is 0 Å². The molecule has 0 saturated heterocycles. The molecule has 2 aromatic rings. The number of nitrogens with two attached hydrogens (primary N) is 1. The van der Waals surface area contributed by atoms with E-state index >= 15 is 0 Å². The van der Waals surface area contributed by atoms with Crippen LogP contribution < -0.4 is 5.73 Å². The highest BCUT2D eigenvalue weighted by Crippen LogP contribution is 2.36. The van der Waals surface area contributed by atoms with Crippen molar-refractivity contribution in [3.05, 3.63) is 57.3 Å². The summed E-state index contributed by atoms with van der Waals surface area (Å²) in [6.07, 6.45) is 3.46. The number of rotatable bonds is 3. The van der Waals surface area contributed by atoms with Crippen LogP contribution in [0.3, 0.4) is 0 Å². The lowest BCUT2D eigenvalue weighted by Crippen LogP contribution is -2.12. The Balaban J connectivity index is 1.92. The summed E-state index contributed by atoms with van der Waals surface area (Å²) in [6, 6.07) is 9.68. The molecule has 108 valence electrons. The molecule has 1 aliphatic carbocycles. The first-order chi connectivity index (χ1) is 10.1. The zero-order valence-corrected chi connectivity index (χ0v) is 13.7. The maximum atomic E-state index is 14.4. The molecule has 0 fully saturated rings. The van der Waals surface area contributed by atoms with Gasteiger partial charge < -0.3 is 5.73 Å². The number of amidine groups is 1. The molecule has 21 heavy (non-hydrogen) atoms. The Morgan fingerprint density at radius 3 is 2.71 bits per heavy atom. The normalized spacial score (nSPS) is 13.2. The van der Waals surface area contributed by atoms with Gasteiger partial charge in [0, 0.05) is 15.4 Å². The minimum Gasteiger partial charge on any atom is -0.384 e. The van der Waals surface area contributed by atoms with Crippen LogP contribution >= 0.6 is 27.7 Å². The molecule has 3 rings (SSSR count). The number of hydrogen-bond acceptors (Lipinski definition) is 2. The van der Waals surface area contributed by atoms with Crippen molar-refractivity contribution in [1.29, 1.82) is 5.41 Å². The van der Waals surface area contributed by atoms with Crippen LogP contribution in [0.4, 0.5) is 4.39 Å². The molecular formula is C16H14BrFN2S. The van der Waals surface area contributed by atoms with Crippen LogP contribution in [0.15, 0.2) is 44.6 Å². The van der Waals surface area contributed by atoms with Gasteiger partial charge in [0.05, 0.1) is 4.47 Å². The van der Waals surface area contributed by atoms with Crippen LogP contribution in [0.1, 0.15) is 23.1 Å². The number of hydrogen-bond donors (Lipinski definition) is 2. The van der Waals surface area contributed by atoms with Gasteiger partial charge in [0.15, 0.2) is 5.82 Å². The third-order valence-electron chi connectivity index (χ3n) is 3.63. The minimum absolute atomic E-state index is 0.144. The van der Waals surface area contributed by atoms with Gasteiger partial charge in [0.2, 0.25) is 0 Å². The number of nitrogens with one attached hydrogen (secondary N) is 1. The monoisotopic (exact) mass is 364 g/mol. The van der Waals surface area contributed by atoms with Crippen molar-refractivity contribution in [2.45, 2.75) is 29.1 Å². The number of nitrogen functional groups attached to an aromatic ring is 1. The maximum absolute atomic E-state index is 14.4. The number of benzene rings is 2. The average Bonchev–Trinajstić information content (AvgIpc) is 2.91. The van der Waals surface area contributed by atoms with Crippen molar-refractivity contribution >= 4 is 33.5 Å². The Morgan fingerprint density at radius 1 is 1.19 bits per heavy atom. The van der Waals surface area contributed by atoms with E-state index in [-0.39, 0.29) is 16.1 Å². The fourth-order valence-electron chi connectivity index (χ4n) is 2.56. The van der Waals surface area contributed by atoms with E-state index in [4.69, 9.17) is 11.1 Å². The third-order valence-corrected chi connectivity index (χ3v) is 5.43. The van der Waals surface area contributed by atoms with Crippen LogP contribution in [0.25, 0.3) is 0 Å². The fourth-order valence-corrected chi connectivity index (χ4v) is 4.17. The van der Waals surface area contributed by atoms with Crippen LogP contribution in [-0.2, 0) is 12.8 Å². The van der Waals surface area contributed by atoms with Gasteiger partial charge in [0.1, 0.15) is 5.84 Å². The van der Waals surface area contributed by atoms with E-state index in [0.717, 1.165) is 17.7 Å². The summed E-state index contributed by atoms with van der Waals surface area (Å²) in [6.45, 7) is 0. The van der Waals surface area contributed by atoms with Gasteiger partial charge in [-0.2, -0.15) is 0 Å². The molecule has 0 bridgehead atoms. The largest absolute Gasteiger partial charge is 0.384 e. The van der Waals surface area contributed by atoms with Gasteiger partial charge in [-0.3, -0.25) is 5.41 Å². The summed E-state index contributed by atoms with van der Waals surface area (Å²) in [5.74, 6) is -0.511. The SMILES string of the molecule is N=C(N)c1ccc(Sc2ccc3c(c2)CCC3)c(F)c1Br. The van der Waals surface area contributed by atoms with Crippen LogP contribution in [0.2, 0.25) is 0 Å². The van der Waals surface area contributed by atoms with Gasteiger partial charge in [-0.05, 0) is 70.6 Å². The highest BCUT2D eigenvalue weighted by Gasteiger charge is 2.15. The van der Waals surface area contributed by atoms with Gasteiger partial charge in [-0.1, -0.05) is 17.8 Å². The Bertz CT molecular complexity index is 730. The molecule has 0 atom stereocenters. The Hall–Kier alpha value is -1.33. The Kier molecular flexibility index (Phi) is 4.04. The summed E-state index contributed by atoms with van der Waals surface area (Å²) < 4.78 is 14.6. The predicted molar refractivity (Wildman–Crippen MR) is 87.7 cm³/mol. The molecule has 0 aromatic heterocycles. The van der Waals surface area contributed by atoms with Crippen LogP contribution in [0.5, 0.6) is 0 Å². The lowest BCUT2D eigenvalue weighted by atomic mass is 10.1. The molecule has 3 N–H and O–H groups in total. The second kappa shape index (κ2) is 5.81. The molecule has 2 nitrogen and oxygen atoms in total. The molecule has 0 amide bonds. The van der Waals surface area contributed by atoms with Gasteiger partial charge in [-0.15, -0.1) is 0 Å². The Labute approximate surface area is 135 Å². The van der Waals surface area contributed by atoms with Crippen molar-refractivity contribution < 1.29 is 4.39 Å². The fraction of sp³-hybridized carbons (Fsp3) is 0.188. The predicted octanol–water partition coefficient (Wildman–Crippen LogP) is 4.51. The minimum atomic E-state index is -0.367. The number of halogens is 2. The van der Waals surface area contributed by atoms with Gasteiger partial charge in [-0.25, -0.2) is 4.39 Å². The molecule has 0 saturated carbocycles. The van der Waals surface area contributed by atoms with E-state index in [1.165, 1.54) is 29.3 Å². The molecule has 0 spiro atoms. The smallest absolute Gasteiger partial charge is 0.152 e. The molecule has 2 aromatic carbocycles. The highest BCUT2D eigenvalue weighted by molar-refractivity contribution is 9.10. The highest BCUT2D eigenvalue weighted by atomic mass is 79.9. The number of fused-ring (bicyclic) bond motifs is 1. The topological polar surface area (TPSA) is 49.9 Å². The zero-order valence-electron chi connectivity index (χ0n) is 11.2. The van der Waals surface area contributed by atoms with Crippen molar-refractivity contribution in [3.63, 3.8) is 0 Å². The Morgan fingerprint density at radius 2 is 1.95 bits per heavy atom. The van der Waals surface area contributed by atoms with E-state index in [1.807, 2.05) is 6.07 Å². The van der Waals surface area contributed by atoms with E-state index in [1.54, 1.807) is 12.1 Å². The van der Waals surface area contributed by atoms with Gasteiger partial charge >= 0.3 is 0 Å². The quantitative estimate of drug-likeness (QED) is 0.621. The van der Waals surface area contributed by atoms with Crippen molar-refractivity contribution in [1.82, 2.24) is 0 Å². The van der Waals surface area contributed by atoms with Crippen molar-refractivity contribution in [3.8, 4) is 0 Å². The standard InChI is InChI=1S/C16H14BrFN2S/c17-14-12(16(19)20)6-7-13(15(14)18)21-11-5-4-9-2-1-3-10(9)8-11/h4-8H,1-3H2,(H3,19,20). The maximum Gasteiger partial charge on any atom is 0.152 e. The first-order valence-electron chi connectivity index (χ1n) is 6.68. The van der Waals surface area contributed by atoms with Crippen molar-refractivity contribution in [2.75, 3.05) is 0 Å². The zero-order chi connectivity index (χ0) is 15.0. The molecule has 5 heteroatoms. The molecule has 0 aliphatic heterocycles. The molecule has 0 heterocycles. The van der Waals surface area contributed by atoms with E-state index < -0.39 is 0 Å². The summed E-state index contributed by atoms with van der Waals surface area (Å²) in [5, 5.41) is 7.42. The lowest BCUT2D eigenvalue weighted by molar-refractivity contribution is 0.594. The van der Waals surface area contributed by atoms with Crippen LogP contribution in [0, 0.1) is 11.2 Å². The van der Waals surface area contributed by atoms with E-state index in [9.17, 15) is 4.39 Å². The summed E-state index contributed by atoms with van der Waals surface area (Å²) >= 11 is 4.58. The molecule has 0 radical (unpaired) electrons. The first-order valence-corrected chi connectivity index (χ1v) is 8.29. The molecule has 1 aliphatic rings. The average molecular weight is 365 g/mol. The van der Waals surface area contributed by atoms with Crippen LogP contribution in [-0.4, -0.2) is 5.84 Å². The molecular weight excluding hydrogens is 351 g/mol. The summed E-state index contributed by atoms with van der Waals surface area (Å²) in [7, 11) is 0. The second-order valence-electron chi connectivity index (χ2n) is 5.04. The summed E-state index contributed by atoms with van der Waals surface area (Å²) in [4.78, 5) is 1.57.